The van der Waals surface area contributed by atoms with Crippen LogP contribution in [0.2, 0.25) is 0 Å². The van der Waals surface area contributed by atoms with Gasteiger partial charge in [-0.15, -0.1) is 0 Å². The zero-order valence-corrected chi connectivity index (χ0v) is 9.31. The van der Waals surface area contributed by atoms with Gasteiger partial charge >= 0.3 is 0 Å². The lowest BCUT2D eigenvalue weighted by molar-refractivity contribution is 0.508. The number of hydrogen-bond acceptors (Lipinski definition) is 3. The molecule has 3 aromatic rings. The summed E-state index contributed by atoms with van der Waals surface area (Å²) in [7, 11) is 0. The van der Waals surface area contributed by atoms with Gasteiger partial charge in [0.2, 0.25) is 0 Å². The molecule has 0 bridgehead atoms. The molecule has 0 spiro atoms. The third-order valence-corrected chi connectivity index (χ3v) is 2.77. The molecule has 0 aliphatic rings. The molecule has 0 amide bonds. The van der Waals surface area contributed by atoms with Gasteiger partial charge in [0.25, 0.3) is 0 Å². The van der Waals surface area contributed by atoms with Gasteiger partial charge in [-0.1, -0.05) is 18.2 Å². The highest BCUT2D eigenvalue weighted by Gasteiger charge is 2.10. The maximum atomic E-state index is 5.67. The Kier molecular flexibility index (Phi) is 2.42. The number of H-pyrrole nitrogens is 1. The van der Waals surface area contributed by atoms with Crippen LogP contribution in [-0.4, -0.2) is 16.5 Å². The number of rotatable bonds is 3. The van der Waals surface area contributed by atoms with Crippen molar-refractivity contribution >= 4 is 10.9 Å². The van der Waals surface area contributed by atoms with Crippen LogP contribution in [0.1, 0.15) is 5.89 Å². The van der Waals surface area contributed by atoms with Crippen molar-refractivity contribution in [2.24, 2.45) is 5.73 Å². The van der Waals surface area contributed by atoms with Crippen molar-refractivity contribution in [1.82, 2.24) is 9.97 Å². The second-order valence-electron chi connectivity index (χ2n) is 3.90. The predicted molar refractivity (Wildman–Crippen MR) is 66.6 cm³/mol. The monoisotopic (exact) mass is 227 g/mol. The zero-order chi connectivity index (χ0) is 11.7. The van der Waals surface area contributed by atoms with Crippen LogP contribution in [0.4, 0.5) is 0 Å². The molecular weight excluding hydrogens is 214 g/mol. The Morgan fingerprint density at radius 1 is 1.29 bits per heavy atom. The van der Waals surface area contributed by atoms with Gasteiger partial charge in [-0.05, 0) is 6.07 Å². The van der Waals surface area contributed by atoms with E-state index in [9.17, 15) is 0 Å². The highest BCUT2D eigenvalue weighted by atomic mass is 16.4. The number of hydrogen-bond donors (Lipinski definition) is 2. The van der Waals surface area contributed by atoms with Crippen LogP contribution in [0.3, 0.4) is 0 Å². The Morgan fingerprint density at radius 3 is 3.06 bits per heavy atom. The van der Waals surface area contributed by atoms with E-state index in [2.05, 4.69) is 16.0 Å². The number of nitrogens with two attached hydrogens (primary N) is 1. The molecule has 4 nitrogen and oxygen atoms in total. The van der Waals surface area contributed by atoms with Crippen molar-refractivity contribution in [3.8, 4) is 11.3 Å². The molecule has 0 saturated carbocycles. The Hall–Kier alpha value is -2.07. The Balaban J connectivity index is 2.07. The summed E-state index contributed by atoms with van der Waals surface area (Å²) in [5.74, 6) is 1.47. The molecule has 0 unspecified atom stereocenters. The number of fused-ring (bicyclic) bond motifs is 1. The third-order valence-electron chi connectivity index (χ3n) is 2.77. The Labute approximate surface area is 98.5 Å². The van der Waals surface area contributed by atoms with Gasteiger partial charge in [-0.2, -0.15) is 0 Å². The number of aromatic nitrogens is 2. The fourth-order valence-electron chi connectivity index (χ4n) is 1.95. The van der Waals surface area contributed by atoms with Gasteiger partial charge in [0, 0.05) is 35.6 Å². The first kappa shape index (κ1) is 10.1. The van der Waals surface area contributed by atoms with Crippen molar-refractivity contribution in [3.05, 3.63) is 42.5 Å². The molecule has 2 aromatic heterocycles. The SMILES string of the molecule is NCCc1ncc(-c2c[nH]c3ccccc23)o1. The summed E-state index contributed by atoms with van der Waals surface area (Å²) >= 11 is 0. The lowest BCUT2D eigenvalue weighted by Crippen LogP contribution is -2.02. The molecule has 0 atom stereocenters. The molecule has 0 saturated heterocycles. The summed E-state index contributed by atoms with van der Waals surface area (Å²) in [6.07, 6.45) is 4.36. The minimum Gasteiger partial charge on any atom is -0.441 e. The van der Waals surface area contributed by atoms with Crippen molar-refractivity contribution in [2.45, 2.75) is 6.42 Å². The molecule has 2 heterocycles. The Morgan fingerprint density at radius 2 is 2.18 bits per heavy atom. The smallest absolute Gasteiger partial charge is 0.196 e. The van der Waals surface area contributed by atoms with E-state index in [-0.39, 0.29) is 0 Å². The average Bonchev–Trinajstić information content (AvgIpc) is 2.95. The van der Waals surface area contributed by atoms with Crippen LogP contribution >= 0.6 is 0 Å². The number of oxazole rings is 1. The lowest BCUT2D eigenvalue weighted by Gasteiger charge is -1.93. The molecule has 1 aromatic carbocycles. The summed E-state index contributed by atoms with van der Waals surface area (Å²) in [5.41, 5.74) is 7.61. The van der Waals surface area contributed by atoms with E-state index < -0.39 is 0 Å². The standard InChI is InChI=1S/C13H13N3O/c14-6-5-13-16-8-12(17-13)10-7-15-11-4-2-1-3-9(10)11/h1-4,7-8,15H,5-6,14H2. The topological polar surface area (TPSA) is 67.8 Å². The number of nitrogens with one attached hydrogen (secondary N) is 1. The number of aromatic amines is 1. The van der Waals surface area contributed by atoms with Gasteiger partial charge in [0.05, 0.1) is 6.20 Å². The van der Waals surface area contributed by atoms with E-state index in [0.29, 0.717) is 18.9 Å². The first-order chi connectivity index (χ1) is 8.38. The fraction of sp³-hybridized carbons (Fsp3) is 0.154. The van der Waals surface area contributed by atoms with Gasteiger partial charge in [-0.3, -0.25) is 0 Å². The molecule has 17 heavy (non-hydrogen) atoms. The maximum Gasteiger partial charge on any atom is 0.196 e. The normalized spacial score (nSPS) is 11.1. The van der Waals surface area contributed by atoms with Gasteiger partial charge in [0.15, 0.2) is 11.7 Å². The summed E-state index contributed by atoms with van der Waals surface area (Å²) < 4.78 is 5.67. The van der Waals surface area contributed by atoms with Gasteiger partial charge < -0.3 is 15.1 Å². The number of para-hydroxylation sites is 1. The summed E-state index contributed by atoms with van der Waals surface area (Å²) in [5, 5.41) is 1.14. The van der Waals surface area contributed by atoms with Crippen LogP contribution < -0.4 is 5.73 Å². The molecule has 4 heteroatoms. The molecule has 0 fully saturated rings. The Bertz CT molecular complexity index is 639. The largest absolute Gasteiger partial charge is 0.441 e. The average molecular weight is 227 g/mol. The number of benzene rings is 1. The van der Waals surface area contributed by atoms with Crippen LogP contribution in [0, 0.1) is 0 Å². The summed E-state index contributed by atoms with van der Waals surface area (Å²) in [4.78, 5) is 7.42. The second kappa shape index (κ2) is 4.07. The highest BCUT2D eigenvalue weighted by molar-refractivity contribution is 5.93. The minimum absolute atomic E-state index is 0.549. The molecule has 0 aliphatic heterocycles. The van der Waals surface area contributed by atoms with Crippen LogP contribution in [0.5, 0.6) is 0 Å². The third kappa shape index (κ3) is 1.72. The predicted octanol–water partition coefficient (Wildman–Crippen LogP) is 2.32. The van der Waals surface area contributed by atoms with Crippen molar-refractivity contribution in [1.29, 1.82) is 0 Å². The van der Waals surface area contributed by atoms with Crippen molar-refractivity contribution in [3.63, 3.8) is 0 Å². The molecular formula is C13H13N3O. The van der Waals surface area contributed by atoms with Crippen LogP contribution in [-0.2, 0) is 6.42 Å². The second-order valence-corrected chi connectivity index (χ2v) is 3.90. The molecule has 86 valence electrons. The van der Waals surface area contributed by atoms with Crippen LogP contribution in [0.15, 0.2) is 41.1 Å². The van der Waals surface area contributed by atoms with Crippen LogP contribution in [0.25, 0.3) is 22.2 Å². The zero-order valence-electron chi connectivity index (χ0n) is 9.31. The molecule has 3 rings (SSSR count). The van der Waals surface area contributed by atoms with E-state index in [4.69, 9.17) is 10.2 Å². The highest BCUT2D eigenvalue weighted by Crippen LogP contribution is 2.28. The number of nitrogens with zero attached hydrogens (tertiary/aromatic N) is 1. The quantitative estimate of drug-likeness (QED) is 0.721. The van der Waals surface area contributed by atoms with Crippen molar-refractivity contribution < 1.29 is 4.42 Å². The lowest BCUT2D eigenvalue weighted by atomic mass is 10.1. The van der Waals surface area contributed by atoms with E-state index in [0.717, 1.165) is 22.2 Å². The van der Waals surface area contributed by atoms with Gasteiger partial charge in [0.1, 0.15) is 0 Å². The summed E-state index contributed by atoms with van der Waals surface area (Å²) in [6, 6.07) is 8.11. The minimum atomic E-state index is 0.549. The van der Waals surface area contributed by atoms with E-state index >= 15 is 0 Å². The van der Waals surface area contributed by atoms with E-state index in [1.165, 1.54) is 0 Å². The van der Waals surface area contributed by atoms with Crippen molar-refractivity contribution in [2.75, 3.05) is 6.54 Å². The van der Waals surface area contributed by atoms with Gasteiger partial charge in [-0.25, -0.2) is 4.98 Å². The first-order valence-electron chi connectivity index (χ1n) is 5.60. The summed E-state index contributed by atoms with van der Waals surface area (Å²) in [6.45, 7) is 0.549. The molecule has 0 radical (unpaired) electrons. The van der Waals surface area contributed by atoms with E-state index in [1.54, 1.807) is 6.20 Å². The molecule has 0 aliphatic carbocycles. The molecule has 3 N–H and O–H groups in total. The fourth-order valence-corrected chi connectivity index (χ4v) is 1.95. The first-order valence-corrected chi connectivity index (χ1v) is 5.60. The maximum absolute atomic E-state index is 5.67. The van der Waals surface area contributed by atoms with E-state index in [1.807, 2.05) is 24.4 Å².